The van der Waals surface area contributed by atoms with Crippen molar-refractivity contribution in [3.8, 4) is 11.5 Å². The molecule has 0 aliphatic carbocycles. The summed E-state index contributed by atoms with van der Waals surface area (Å²) in [6.45, 7) is -1.42. The molecule has 2 rings (SSSR count). The van der Waals surface area contributed by atoms with Gasteiger partial charge in [0.25, 0.3) is 10.1 Å². The van der Waals surface area contributed by atoms with Gasteiger partial charge >= 0.3 is 11.9 Å². The van der Waals surface area contributed by atoms with Gasteiger partial charge in [-0.25, -0.2) is 9.59 Å². The molecule has 0 aliphatic rings. The molecule has 0 atom stereocenters. The van der Waals surface area contributed by atoms with Gasteiger partial charge in [-0.1, -0.05) is 12.1 Å². The topological polar surface area (TPSA) is 147 Å². The Kier molecular flexibility index (Phi) is 4.90. The fraction of sp³-hybridized carbons (Fsp3) is 0.143. The number of hydrogen-bond acceptors (Lipinski definition) is 6. The third-order valence-electron chi connectivity index (χ3n) is 2.88. The van der Waals surface area contributed by atoms with Gasteiger partial charge in [0.15, 0.2) is 13.2 Å². The highest BCUT2D eigenvalue weighted by Crippen LogP contribution is 2.36. The van der Waals surface area contributed by atoms with Crippen molar-refractivity contribution in [2.24, 2.45) is 0 Å². The average Bonchev–Trinajstić information content (AvgIpc) is 2.49. The maximum absolute atomic E-state index is 11.3. The second-order valence-electron chi connectivity index (χ2n) is 4.62. The van der Waals surface area contributed by atoms with Crippen LogP contribution >= 0.6 is 0 Å². The number of carbonyl (C=O) groups is 2. The summed E-state index contributed by atoms with van der Waals surface area (Å²) in [4.78, 5) is 20.8. The molecule has 0 fully saturated rings. The Bertz CT molecular complexity index is 902. The minimum atomic E-state index is -4.56. The number of aliphatic carboxylic acids is 2. The van der Waals surface area contributed by atoms with E-state index >= 15 is 0 Å². The van der Waals surface area contributed by atoms with Crippen LogP contribution in [0.1, 0.15) is 0 Å². The van der Waals surface area contributed by atoms with E-state index in [1.807, 2.05) is 0 Å². The van der Waals surface area contributed by atoms with Gasteiger partial charge in [0.1, 0.15) is 11.5 Å². The first kappa shape index (κ1) is 17.5. The zero-order valence-corrected chi connectivity index (χ0v) is 12.8. The van der Waals surface area contributed by atoms with E-state index in [0.717, 1.165) is 12.1 Å². The van der Waals surface area contributed by atoms with E-state index in [9.17, 15) is 22.6 Å². The molecule has 0 radical (unpaired) electrons. The monoisotopic (exact) mass is 356 g/mol. The molecule has 0 amide bonds. The average molecular weight is 356 g/mol. The molecule has 2 aromatic carbocycles. The number of carboxylic acids is 2. The molecule has 9 nitrogen and oxygen atoms in total. The van der Waals surface area contributed by atoms with Crippen LogP contribution < -0.4 is 9.47 Å². The molecule has 0 aliphatic heterocycles. The molecule has 0 heterocycles. The van der Waals surface area contributed by atoms with E-state index < -0.39 is 40.2 Å². The standard InChI is InChI=1S/C14H12O9S/c15-12(16)6-22-10-3-1-2-8-4-9(24(19,20)21)5-11(14(8)10)23-7-13(17)18/h1-5H,6-7H2,(H,15,16)(H,17,18)(H,19,20,21). The van der Waals surface area contributed by atoms with Gasteiger partial charge < -0.3 is 19.7 Å². The van der Waals surface area contributed by atoms with Gasteiger partial charge in [-0.2, -0.15) is 8.42 Å². The van der Waals surface area contributed by atoms with Crippen LogP contribution in [-0.4, -0.2) is 48.3 Å². The third kappa shape index (κ3) is 4.12. The zero-order chi connectivity index (χ0) is 17.9. The second-order valence-corrected chi connectivity index (χ2v) is 6.04. The van der Waals surface area contributed by atoms with Crippen molar-refractivity contribution in [3.05, 3.63) is 30.3 Å². The van der Waals surface area contributed by atoms with E-state index in [2.05, 4.69) is 0 Å². The van der Waals surface area contributed by atoms with Gasteiger partial charge in [-0.05, 0) is 17.5 Å². The number of benzene rings is 2. The van der Waals surface area contributed by atoms with Gasteiger partial charge in [0, 0.05) is 6.07 Å². The van der Waals surface area contributed by atoms with Crippen LogP contribution in [0.4, 0.5) is 0 Å². The van der Waals surface area contributed by atoms with Crippen LogP contribution in [0.25, 0.3) is 10.8 Å². The van der Waals surface area contributed by atoms with Crippen molar-refractivity contribution in [3.63, 3.8) is 0 Å². The summed E-state index contributed by atoms with van der Waals surface area (Å²) in [5, 5.41) is 17.9. The Morgan fingerprint density at radius 1 is 0.958 bits per heavy atom. The Morgan fingerprint density at radius 2 is 1.54 bits per heavy atom. The van der Waals surface area contributed by atoms with E-state index in [4.69, 9.17) is 19.7 Å². The molecular formula is C14H12O9S. The largest absolute Gasteiger partial charge is 0.481 e. The van der Waals surface area contributed by atoms with Crippen LogP contribution in [0, 0.1) is 0 Å². The predicted octanol–water partition coefficient (Wildman–Crippen LogP) is 1.01. The lowest BCUT2D eigenvalue weighted by Crippen LogP contribution is -2.12. The SMILES string of the molecule is O=C(O)COc1cccc2cc(S(=O)(=O)O)cc(OCC(=O)O)c12. The minimum Gasteiger partial charge on any atom is -0.481 e. The van der Waals surface area contributed by atoms with E-state index in [0.29, 0.717) is 0 Å². The quantitative estimate of drug-likeness (QED) is 0.618. The molecule has 0 unspecified atom stereocenters. The van der Waals surface area contributed by atoms with Crippen LogP contribution in [-0.2, 0) is 19.7 Å². The Balaban J connectivity index is 2.64. The Labute approximate surface area is 135 Å². The summed E-state index contributed by atoms with van der Waals surface area (Å²) in [6.07, 6.45) is 0. The van der Waals surface area contributed by atoms with Crippen LogP contribution in [0.15, 0.2) is 35.2 Å². The second kappa shape index (κ2) is 6.72. The number of ether oxygens (including phenoxy) is 2. The van der Waals surface area contributed by atoms with Gasteiger partial charge in [-0.15, -0.1) is 0 Å². The summed E-state index contributed by atoms with van der Waals surface area (Å²) in [5.41, 5.74) is 0. The van der Waals surface area contributed by atoms with Gasteiger partial charge in [0.2, 0.25) is 0 Å². The number of fused-ring (bicyclic) bond motifs is 1. The molecule has 0 saturated heterocycles. The fourth-order valence-corrected chi connectivity index (χ4v) is 2.52. The van der Waals surface area contributed by atoms with E-state index in [1.54, 1.807) is 0 Å². The molecule has 0 saturated carbocycles. The van der Waals surface area contributed by atoms with Crippen molar-refractivity contribution < 1.29 is 42.2 Å². The van der Waals surface area contributed by atoms with Crippen molar-refractivity contribution in [1.82, 2.24) is 0 Å². The van der Waals surface area contributed by atoms with Crippen molar-refractivity contribution in [2.45, 2.75) is 4.90 Å². The van der Waals surface area contributed by atoms with Crippen molar-refractivity contribution in [1.29, 1.82) is 0 Å². The molecule has 3 N–H and O–H groups in total. The van der Waals surface area contributed by atoms with E-state index in [1.165, 1.54) is 18.2 Å². The third-order valence-corrected chi connectivity index (χ3v) is 3.71. The Morgan fingerprint density at radius 3 is 2.08 bits per heavy atom. The maximum Gasteiger partial charge on any atom is 0.341 e. The fourth-order valence-electron chi connectivity index (χ4n) is 1.99. The van der Waals surface area contributed by atoms with E-state index in [-0.39, 0.29) is 22.3 Å². The summed E-state index contributed by atoms with van der Waals surface area (Å²) in [7, 11) is -4.56. The minimum absolute atomic E-state index is 0.0668. The molecular weight excluding hydrogens is 344 g/mol. The van der Waals surface area contributed by atoms with Gasteiger partial charge in [0.05, 0.1) is 10.3 Å². The molecule has 10 heteroatoms. The molecule has 128 valence electrons. The maximum atomic E-state index is 11.3. The van der Waals surface area contributed by atoms with Gasteiger partial charge in [-0.3, -0.25) is 4.55 Å². The van der Waals surface area contributed by atoms with Crippen molar-refractivity contribution in [2.75, 3.05) is 13.2 Å². The molecule has 0 spiro atoms. The van der Waals surface area contributed by atoms with Crippen LogP contribution in [0.2, 0.25) is 0 Å². The predicted molar refractivity (Wildman–Crippen MR) is 80.0 cm³/mol. The van der Waals surface area contributed by atoms with Crippen LogP contribution in [0.3, 0.4) is 0 Å². The number of carboxylic acid groups (broad SMARTS) is 2. The normalized spacial score (nSPS) is 11.2. The zero-order valence-electron chi connectivity index (χ0n) is 12.0. The lowest BCUT2D eigenvalue weighted by Gasteiger charge is -2.13. The highest BCUT2D eigenvalue weighted by atomic mass is 32.2. The molecule has 0 aromatic heterocycles. The Hall–Kier alpha value is -2.85. The highest BCUT2D eigenvalue weighted by Gasteiger charge is 2.18. The summed E-state index contributed by atoms with van der Waals surface area (Å²) >= 11 is 0. The smallest absolute Gasteiger partial charge is 0.341 e. The highest BCUT2D eigenvalue weighted by molar-refractivity contribution is 7.85. The molecule has 24 heavy (non-hydrogen) atoms. The van der Waals surface area contributed by atoms with Crippen LogP contribution in [0.5, 0.6) is 11.5 Å². The molecule has 2 aromatic rings. The summed E-state index contributed by atoms with van der Waals surface area (Å²) in [6, 6.07) is 6.45. The molecule has 0 bridgehead atoms. The summed E-state index contributed by atoms with van der Waals surface area (Å²) in [5.74, 6) is -2.64. The first-order chi connectivity index (χ1) is 11.2. The first-order valence-electron chi connectivity index (χ1n) is 6.42. The first-order valence-corrected chi connectivity index (χ1v) is 7.86. The lowest BCUT2D eigenvalue weighted by atomic mass is 10.1. The number of hydrogen-bond donors (Lipinski definition) is 3. The lowest BCUT2D eigenvalue weighted by molar-refractivity contribution is -0.140. The van der Waals surface area contributed by atoms with Crippen molar-refractivity contribution >= 4 is 32.8 Å². The number of rotatable bonds is 7. The summed E-state index contributed by atoms with van der Waals surface area (Å²) < 4.78 is 42.0.